The molecule has 0 saturated carbocycles. The molecule has 3 heteroatoms. The Labute approximate surface area is 114 Å². The van der Waals surface area contributed by atoms with Gasteiger partial charge in [-0.05, 0) is 17.7 Å². The topological polar surface area (TPSA) is 24.1 Å². The molecule has 1 aliphatic rings. The molecule has 0 radical (unpaired) electrons. The Morgan fingerprint density at radius 3 is 1.50 bits per heavy atom. The minimum absolute atomic E-state index is 1.14. The van der Waals surface area contributed by atoms with Crippen molar-refractivity contribution < 1.29 is 0 Å². The molecule has 2 heterocycles. The van der Waals surface area contributed by atoms with Crippen LogP contribution in [0.2, 0.25) is 0 Å². The quantitative estimate of drug-likeness (QED) is 0.763. The van der Waals surface area contributed by atoms with Crippen LogP contribution in [0.5, 0.6) is 0 Å². The van der Waals surface area contributed by atoms with Gasteiger partial charge in [0.15, 0.2) is 0 Å². The number of hydrogen-bond acceptors (Lipinski definition) is 3. The van der Waals surface area contributed by atoms with Gasteiger partial charge in [0.1, 0.15) is 0 Å². The first-order valence-corrected chi connectivity index (χ1v) is 7.24. The summed E-state index contributed by atoms with van der Waals surface area (Å²) in [6.07, 6.45) is 0. The van der Waals surface area contributed by atoms with E-state index < -0.39 is 0 Å². The Bertz CT molecular complexity index is 327. The predicted octanol–water partition coefficient (Wildman–Crippen LogP) is 2.92. The minimum atomic E-state index is 1.14. The smallest absolute Gasteiger partial charge is 0.00772 e. The van der Waals surface area contributed by atoms with Crippen molar-refractivity contribution in [2.24, 2.45) is 0 Å². The highest BCUT2D eigenvalue weighted by atomic mass is 32.1. The number of thiophene rings is 1. The van der Waals surface area contributed by atoms with E-state index in [0.717, 1.165) is 26.2 Å². The highest BCUT2D eigenvalue weighted by Crippen LogP contribution is 1.92. The summed E-state index contributed by atoms with van der Waals surface area (Å²) < 4.78 is 0. The molecule has 1 aromatic heterocycles. The van der Waals surface area contributed by atoms with Crippen molar-refractivity contribution in [2.45, 2.75) is 6.92 Å². The van der Waals surface area contributed by atoms with Crippen molar-refractivity contribution in [2.75, 3.05) is 26.2 Å². The number of benzene rings is 1. The van der Waals surface area contributed by atoms with Crippen LogP contribution >= 0.6 is 11.3 Å². The number of nitrogens with one attached hydrogen (secondary N) is 2. The summed E-state index contributed by atoms with van der Waals surface area (Å²) in [4.78, 5) is 0. The van der Waals surface area contributed by atoms with Gasteiger partial charge in [0.25, 0.3) is 0 Å². The zero-order valence-corrected chi connectivity index (χ0v) is 11.7. The lowest BCUT2D eigenvalue weighted by Gasteiger charge is -2.11. The SMILES string of the molecule is C1CNCCN1.Cc1ccccc1.c1ccsc1. The molecule has 2 aromatic rings. The fraction of sp³-hybridized carbons (Fsp3) is 0.333. The van der Waals surface area contributed by atoms with Crippen molar-refractivity contribution in [3.05, 3.63) is 58.8 Å². The number of piperazine rings is 1. The van der Waals surface area contributed by atoms with Gasteiger partial charge in [-0.2, -0.15) is 11.3 Å². The van der Waals surface area contributed by atoms with Gasteiger partial charge < -0.3 is 10.6 Å². The Hall–Kier alpha value is -1.16. The molecular formula is C15H22N2S. The summed E-state index contributed by atoms with van der Waals surface area (Å²) in [6, 6.07) is 14.3. The van der Waals surface area contributed by atoms with Crippen molar-refractivity contribution in [3.8, 4) is 0 Å². The van der Waals surface area contributed by atoms with E-state index in [0.29, 0.717) is 0 Å². The van der Waals surface area contributed by atoms with Crippen LogP contribution in [0, 0.1) is 6.92 Å². The third-order valence-corrected chi connectivity index (χ3v) is 2.95. The molecule has 0 bridgehead atoms. The molecule has 2 nitrogen and oxygen atoms in total. The maximum atomic E-state index is 3.22. The third-order valence-electron chi connectivity index (χ3n) is 2.32. The maximum absolute atomic E-state index is 3.22. The molecule has 0 aliphatic carbocycles. The Morgan fingerprint density at radius 1 is 0.778 bits per heavy atom. The molecule has 0 unspecified atom stereocenters. The lowest BCUT2D eigenvalue weighted by molar-refractivity contribution is 0.534. The molecule has 0 atom stereocenters. The van der Waals surface area contributed by atoms with Gasteiger partial charge in [-0.25, -0.2) is 0 Å². The minimum Gasteiger partial charge on any atom is -0.314 e. The van der Waals surface area contributed by atoms with Gasteiger partial charge in [0.2, 0.25) is 0 Å². The molecule has 98 valence electrons. The van der Waals surface area contributed by atoms with Crippen LogP contribution in [0.25, 0.3) is 0 Å². The van der Waals surface area contributed by atoms with E-state index in [9.17, 15) is 0 Å². The Kier molecular flexibility index (Phi) is 9.07. The third kappa shape index (κ3) is 8.93. The van der Waals surface area contributed by atoms with Crippen LogP contribution in [0.15, 0.2) is 53.2 Å². The largest absolute Gasteiger partial charge is 0.314 e. The van der Waals surface area contributed by atoms with Crippen molar-refractivity contribution in [1.82, 2.24) is 10.6 Å². The number of aryl methyl sites for hydroxylation is 1. The van der Waals surface area contributed by atoms with Gasteiger partial charge in [-0.3, -0.25) is 0 Å². The summed E-state index contributed by atoms with van der Waals surface area (Å²) in [6.45, 7) is 6.64. The standard InChI is InChI=1S/C7H8.C4H10N2.C4H4S/c1-7-5-3-2-4-6-7;1-2-6-4-3-5-1;1-2-4-5-3-1/h2-6H,1H3;5-6H,1-4H2;1-4H. The molecule has 1 aliphatic heterocycles. The highest BCUT2D eigenvalue weighted by Gasteiger charge is 1.91. The van der Waals surface area contributed by atoms with Gasteiger partial charge >= 0.3 is 0 Å². The molecule has 1 fully saturated rings. The van der Waals surface area contributed by atoms with Crippen LogP contribution in [-0.4, -0.2) is 26.2 Å². The molecule has 18 heavy (non-hydrogen) atoms. The summed E-state index contributed by atoms with van der Waals surface area (Å²) in [5.74, 6) is 0. The van der Waals surface area contributed by atoms with E-state index >= 15 is 0 Å². The monoisotopic (exact) mass is 262 g/mol. The van der Waals surface area contributed by atoms with Crippen LogP contribution in [0.4, 0.5) is 0 Å². The molecule has 2 N–H and O–H groups in total. The van der Waals surface area contributed by atoms with E-state index in [2.05, 4.69) is 29.7 Å². The van der Waals surface area contributed by atoms with Gasteiger partial charge in [-0.1, -0.05) is 48.0 Å². The first-order chi connectivity index (χ1) is 8.89. The molecule has 0 amide bonds. The highest BCUT2D eigenvalue weighted by molar-refractivity contribution is 7.07. The van der Waals surface area contributed by atoms with E-state index in [1.165, 1.54) is 5.56 Å². The maximum Gasteiger partial charge on any atom is 0.00772 e. The second kappa shape index (κ2) is 11.0. The lowest BCUT2D eigenvalue weighted by atomic mass is 10.2. The molecule has 1 saturated heterocycles. The lowest BCUT2D eigenvalue weighted by Crippen LogP contribution is -2.39. The average molecular weight is 262 g/mol. The zero-order valence-electron chi connectivity index (χ0n) is 10.9. The predicted molar refractivity (Wildman–Crippen MR) is 81.2 cm³/mol. The summed E-state index contributed by atoms with van der Waals surface area (Å²) >= 11 is 1.71. The van der Waals surface area contributed by atoms with Crippen LogP contribution in [0.3, 0.4) is 0 Å². The van der Waals surface area contributed by atoms with E-state index in [1.807, 2.05) is 41.1 Å². The Balaban J connectivity index is 0.000000137. The fourth-order valence-electron chi connectivity index (χ4n) is 1.36. The van der Waals surface area contributed by atoms with Gasteiger partial charge in [-0.15, -0.1) is 0 Å². The van der Waals surface area contributed by atoms with Crippen LogP contribution in [0.1, 0.15) is 5.56 Å². The zero-order chi connectivity index (χ0) is 12.9. The normalized spacial score (nSPS) is 13.6. The number of rotatable bonds is 0. The summed E-state index contributed by atoms with van der Waals surface area (Å²) in [5.41, 5.74) is 1.32. The van der Waals surface area contributed by atoms with Crippen LogP contribution < -0.4 is 10.6 Å². The van der Waals surface area contributed by atoms with E-state index in [1.54, 1.807) is 11.3 Å². The Morgan fingerprint density at radius 2 is 1.28 bits per heavy atom. The fourth-order valence-corrected chi connectivity index (χ4v) is 1.82. The van der Waals surface area contributed by atoms with Crippen molar-refractivity contribution in [1.29, 1.82) is 0 Å². The van der Waals surface area contributed by atoms with Gasteiger partial charge in [0.05, 0.1) is 0 Å². The second-order valence-corrected chi connectivity index (χ2v) is 4.76. The summed E-state index contributed by atoms with van der Waals surface area (Å²) in [7, 11) is 0. The number of hydrogen-bond donors (Lipinski definition) is 2. The molecule has 1 aromatic carbocycles. The second-order valence-electron chi connectivity index (χ2n) is 3.95. The first-order valence-electron chi connectivity index (χ1n) is 6.30. The first kappa shape index (κ1) is 14.9. The summed E-state index contributed by atoms with van der Waals surface area (Å²) in [5, 5.41) is 10.5. The van der Waals surface area contributed by atoms with E-state index in [-0.39, 0.29) is 0 Å². The molecule has 0 spiro atoms. The van der Waals surface area contributed by atoms with Crippen molar-refractivity contribution >= 4 is 11.3 Å². The van der Waals surface area contributed by atoms with Crippen LogP contribution in [-0.2, 0) is 0 Å². The van der Waals surface area contributed by atoms with Gasteiger partial charge in [0, 0.05) is 26.2 Å². The van der Waals surface area contributed by atoms with E-state index in [4.69, 9.17) is 0 Å². The van der Waals surface area contributed by atoms with Crippen molar-refractivity contribution in [3.63, 3.8) is 0 Å². The molecule has 3 rings (SSSR count). The average Bonchev–Trinajstić information content (AvgIpc) is 3.01. The molecular weight excluding hydrogens is 240 g/mol.